The van der Waals surface area contributed by atoms with Crippen LogP contribution in [0.1, 0.15) is 151 Å². The molecule has 7 aromatic rings. The Bertz CT molecular complexity index is 5460. The quantitative estimate of drug-likeness (QED) is 0.0323. The van der Waals surface area contributed by atoms with Gasteiger partial charge in [-0.2, -0.15) is 0 Å². The number of aromatic hydroxyl groups is 2. The molecule has 6 aromatic carbocycles. The molecule has 137 heavy (non-hydrogen) atoms. The normalized spacial score (nSPS) is 24.5. The maximum Gasteiger partial charge on any atom is 0.246 e. The summed E-state index contributed by atoms with van der Waals surface area (Å²) in [6, 6.07) is 18.9. The molecule has 36 heteroatoms. The summed E-state index contributed by atoms with van der Waals surface area (Å²) in [7, 11) is 4.04. The summed E-state index contributed by atoms with van der Waals surface area (Å²) in [5.74, 6) is -20.7. The van der Waals surface area contributed by atoms with Crippen molar-refractivity contribution in [2.24, 2.45) is 29.2 Å². The lowest BCUT2D eigenvalue weighted by atomic mass is 9.86. The number of aromatic amines is 1. The highest BCUT2D eigenvalue weighted by molar-refractivity contribution is 8.00. The van der Waals surface area contributed by atoms with Crippen LogP contribution >= 0.6 is 11.8 Å². The van der Waals surface area contributed by atoms with Crippen molar-refractivity contribution in [3.05, 3.63) is 203 Å². The first kappa shape index (κ1) is 104. The zero-order valence-electron chi connectivity index (χ0n) is 78.5. The Morgan fingerprint density at radius 1 is 0.496 bits per heavy atom. The number of aromatic nitrogens is 1. The smallest absolute Gasteiger partial charge is 0.246 e. The van der Waals surface area contributed by atoms with E-state index in [0.29, 0.717) is 83.0 Å². The zero-order valence-corrected chi connectivity index (χ0v) is 79.4. The van der Waals surface area contributed by atoms with Gasteiger partial charge in [0.2, 0.25) is 76.8 Å². The van der Waals surface area contributed by atoms with Gasteiger partial charge >= 0.3 is 0 Å². The highest BCUT2D eigenvalue weighted by atomic mass is 32.2. The summed E-state index contributed by atoms with van der Waals surface area (Å²) in [4.78, 5) is 240. The van der Waals surface area contributed by atoms with Gasteiger partial charge in [-0.1, -0.05) is 151 Å². The van der Waals surface area contributed by atoms with Crippen LogP contribution in [0, 0.1) is 35.2 Å². The van der Waals surface area contributed by atoms with Crippen molar-refractivity contribution in [2.45, 2.75) is 235 Å². The SMILES string of the molecule is CCCC[C@H]1C(=O)N2CCC[C@@H]2C(=O)N2C[C@H](N)C[C@H]2C(=O)C[C@@H](C(C)C)C(=O)N(C)[C@@H](Cc2ccccc2)C(=O)N[C@@H](Cc2ccc(O)cc2)C(=O)N2CCCC[C@@H]2C(=O)N[C@@H](Cc2c[nH]c3ccccc23)C(=O)N[C@@H](Cc2ccc(O)cc2)C(=O)N[C@@H](CC(C)C)C(=O)N[C@H](C(=O)CCC(N)=O)CSCC(=O)N[C@@H](Cc2cc(F)c(F)c(F)c2)C(=O)N(C)[C@@H](Cc2ccccc2)C(=O)N1C. The number of para-hydroxylation sites is 1. The summed E-state index contributed by atoms with van der Waals surface area (Å²) in [5, 5.41) is 38.5. The molecule has 0 aliphatic carbocycles. The summed E-state index contributed by atoms with van der Waals surface area (Å²) >= 11 is 0.743. The van der Waals surface area contributed by atoms with Crippen LogP contribution in [0.15, 0.2) is 152 Å². The molecular formula is C101H126F3N15O17S. The maximum absolute atomic E-state index is 16.0. The molecular weight excluding hydrogens is 1780 g/mol. The fourth-order valence-electron chi connectivity index (χ4n) is 18.5. The summed E-state index contributed by atoms with van der Waals surface area (Å²) in [6.07, 6.45) is 0.329. The van der Waals surface area contributed by atoms with Crippen LogP contribution in [0.3, 0.4) is 0 Å². The topological polar surface area (TPSA) is 456 Å². The molecule has 13 amide bonds. The van der Waals surface area contributed by atoms with Crippen molar-refractivity contribution < 1.29 is 95.3 Å². The first-order valence-corrected chi connectivity index (χ1v) is 48.0. The number of carbonyl (C=O) groups excluding carboxylic acids is 15. The zero-order chi connectivity index (χ0) is 99.2. The van der Waals surface area contributed by atoms with Crippen LogP contribution in [0.2, 0.25) is 0 Å². The summed E-state index contributed by atoms with van der Waals surface area (Å²) in [5.41, 5.74) is 15.1. The molecule has 11 rings (SSSR count). The number of nitrogens with two attached hydrogens (primary N) is 2. The highest BCUT2D eigenvalue weighted by Gasteiger charge is 2.49. The molecule has 14 atom stereocenters. The van der Waals surface area contributed by atoms with E-state index in [1.54, 1.807) is 131 Å². The molecule has 4 aliphatic rings. The third kappa shape index (κ3) is 27.7. The average molecular weight is 1910 g/mol. The van der Waals surface area contributed by atoms with E-state index >= 15 is 66.3 Å². The number of primary amides is 1. The Kier molecular flexibility index (Phi) is 37.1. The molecule has 0 bridgehead atoms. The standard InChI is InChI=1S/C101H126F3N15O17S/c1-9-10-28-81-100(135)118-42-21-30-82(118)101(136)119-55-66(105)52-83(119)87(123)53-70(59(4)5)96(131)115(7)84(49-60-22-13-11-14-23-60)95(130)112-78(47-63-33-37-68(121)38-34-63)98(133)117-41-20-19-29-80(117)94(129)111-76(51-65-54-107-73-27-18-17-26-69(65)73)93(128)110-75(46-62-31-35-67(120)36-32-62)92(127)109-74(43-58(2)3)91(126)113-79(86(122)39-40-88(106)124)56-137-57-89(125)108-77(48-64-44-71(102)90(104)72(103)45-64)97(132)116(8)85(99(134)114(81)6)50-61-24-15-12-16-25-61/h11-18,22-27,31-38,44-45,54,58-59,66,70,74-85,107,120-121H,9-10,19-21,28-30,39-43,46-53,55-57,105H2,1-8H3,(H2,106,124)(H,108,125)(H,109,127)(H,110,128)(H,111,129)(H,112,130)(H,113,126)/t66-,70+,74+,75+,76+,77+,78+,79+,80-,81+,82-,83+,84+,85+/m1/s1. The lowest BCUT2D eigenvalue weighted by Crippen LogP contribution is -2.62. The second kappa shape index (κ2) is 48.7. The average Bonchev–Trinajstić information content (AvgIpc) is 1.65. The molecule has 32 nitrogen and oxygen atoms in total. The molecule has 13 N–H and O–H groups in total. The van der Waals surface area contributed by atoms with Crippen LogP contribution in [-0.4, -0.2) is 264 Å². The number of nitrogens with zero attached hydrogens (tertiary/aromatic N) is 6. The number of phenolic OH excluding ortho intramolecular Hbond substituents is 2. The predicted octanol–water partition coefficient (Wildman–Crippen LogP) is 6.49. The Hall–Kier alpha value is -13.0. The molecule has 4 aliphatic heterocycles. The number of unbranched alkanes of at least 4 members (excludes halogenated alkanes) is 1. The first-order chi connectivity index (χ1) is 65.4. The summed E-state index contributed by atoms with van der Waals surface area (Å²) in [6.45, 7) is 8.67. The molecule has 0 unspecified atom stereocenters. The van der Waals surface area contributed by atoms with E-state index in [2.05, 4.69) is 36.9 Å². The van der Waals surface area contributed by atoms with Gasteiger partial charge in [0.25, 0.3) is 0 Å². The van der Waals surface area contributed by atoms with Gasteiger partial charge in [-0.3, -0.25) is 71.9 Å². The van der Waals surface area contributed by atoms with Crippen molar-refractivity contribution in [3.8, 4) is 11.5 Å². The second-order valence-corrected chi connectivity index (χ2v) is 38.1. The van der Waals surface area contributed by atoms with E-state index in [0.717, 1.165) is 16.7 Å². The van der Waals surface area contributed by atoms with E-state index < -0.39 is 239 Å². The molecule has 0 radical (unpaired) electrons. The van der Waals surface area contributed by atoms with E-state index in [1.165, 1.54) is 82.0 Å². The number of likely N-dealkylation sites (N-methyl/N-ethyl adjacent to an activating group) is 3. The number of piperidine rings is 1. The Balaban J connectivity index is 0.991. The van der Waals surface area contributed by atoms with Gasteiger partial charge in [-0.05, 0) is 139 Å². The third-order valence-corrected chi connectivity index (χ3v) is 27.2. The first-order valence-electron chi connectivity index (χ1n) is 46.9. The predicted molar refractivity (Wildman–Crippen MR) is 507 cm³/mol. The number of rotatable bonds is 22. The Morgan fingerprint density at radius 2 is 1.01 bits per heavy atom. The molecule has 0 saturated carbocycles. The number of amides is 13. The van der Waals surface area contributed by atoms with Gasteiger partial charge in [0.15, 0.2) is 29.0 Å². The molecule has 1 aromatic heterocycles. The molecule has 5 heterocycles. The number of ketones is 2. The fraction of sp³-hybridized carbons (Fsp3) is 0.475. The minimum absolute atomic E-state index is 0.0314. The number of hydrogen-bond acceptors (Lipinski definition) is 19. The maximum atomic E-state index is 16.0. The monoisotopic (exact) mass is 1910 g/mol. The number of H-pyrrole nitrogens is 1. The lowest BCUT2D eigenvalue weighted by Gasteiger charge is -2.38. The van der Waals surface area contributed by atoms with Crippen LogP contribution < -0.4 is 43.4 Å². The number of fused-ring (bicyclic) bond motifs is 4. The number of thioether (sulfide) groups is 1. The van der Waals surface area contributed by atoms with Gasteiger partial charge < -0.3 is 88.0 Å². The Labute approximate surface area is 799 Å². The van der Waals surface area contributed by atoms with Gasteiger partial charge in [0.1, 0.15) is 71.9 Å². The number of carbonyl (C=O) groups is 15. The minimum Gasteiger partial charge on any atom is -0.508 e. The fourth-order valence-corrected chi connectivity index (χ4v) is 19.4. The van der Waals surface area contributed by atoms with Crippen molar-refractivity contribution in [1.29, 1.82) is 0 Å². The van der Waals surface area contributed by atoms with Gasteiger partial charge in [-0.25, -0.2) is 13.2 Å². The highest BCUT2D eigenvalue weighted by Crippen LogP contribution is 2.33. The van der Waals surface area contributed by atoms with Crippen molar-refractivity contribution >= 4 is 111 Å². The Morgan fingerprint density at radius 3 is 1.63 bits per heavy atom. The molecule has 734 valence electrons. The van der Waals surface area contributed by atoms with Gasteiger partial charge in [-0.15, -0.1) is 11.8 Å². The number of phenols is 2. The second-order valence-electron chi connectivity index (χ2n) is 37.1. The third-order valence-electron chi connectivity index (χ3n) is 26.2. The van der Waals surface area contributed by atoms with Crippen molar-refractivity contribution in [3.63, 3.8) is 0 Å². The lowest BCUT2D eigenvalue weighted by molar-refractivity contribution is -0.154. The largest absolute Gasteiger partial charge is 0.508 e. The van der Waals surface area contributed by atoms with E-state index in [9.17, 15) is 29.0 Å². The van der Waals surface area contributed by atoms with Crippen LogP contribution in [-0.2, 0) is 110 Å². The van der Waals surface area contributed by atoms with Crippen LogP contribution in [0.5, 0.6) is 11.5 Å². The summed E-state index contributed by atoms with van der Waals surface area (Å²) < 4.78 is 45.3. The number of halogens is 3. The van der Waals surface area contributed by atoms with Crippen molar-refractivity contribution in [2.75, 3.05) is 52.3 Å². The number of nitrogens with one attached hydrogen (secondary N) is 7. The number of Topliss-reactive ketones (excluding diaryl/α,β-unsaturated/α-hetero) is 2. The van der Waals surface area contributed by atoms with E-state index in [1.807, 2.05) is 6.92 Å². The van der Waals surface area contributed by atoms with Crippen LogP contribution in [0.25, 0.3) is 10.9 Å². The van der Waals surface area contributed by atoms with Gasteiger partial charge in [0.05, 0.1) is 17.8 Å². The van der Waals surface area contributed by atoms with E-state index in [4.69, 9.17) is 11.5 Å². The molecule has 4 fully saturated rings. The van der Waals surface area contributed by atoms with Crippen molar-refractivity contribution in [1.82, 2.24) is 66.3 Å². The number of hydrogen-bond donors (Lipinski definition) is 11. The van der Waals surface area contributed by atoms with E-state index in [-0.39, 0.29) is 101 Å². The number of benzene rings is 6. The van der Waals surface area contributed by atoms with Crippen LogP contribution in [0.4, 0.5) is 13.2 Å². The molecule has 0 spiro atoms. The van der Waals surface area contributed by atoms with Gasteiger partial charge in [0, 0.05) is 133 Å². The molecule has 4 saturated heterocycles. The minimum atomic E-state index is -1.83.